The monoisotopic (exact) mass is 484 g/mol. The van der Waals surface area contributed by atoms with Gasteiger partial charge in [0.1, 0.15) is 13.2 Å². The predicted octanol–water partition coefficient (Wildman–Crippen LogP) is 4.52. The molecule has 2 aromatic rings. The largest absolute Gasteiger partial charge is 0.486 e. The standard InChI is InChI=1S/C22H20ClF3N2O5/c23-15-9-14(22(24,25)26)11-27-19(15)28-18(29)12-33-20(30)21(5-1-2-6-21)13-3-4-16-17(10-13)32-8-7-31-16/h3-4,9-11H,1-2,5-8,12H2,(H,27,28,29). The van der Waals surface area contributed by atoms with Crippen LogP contribution in [0, 0.1) is 0 Å². The Kier molecular flexibility index (Phi) is 6.38. The van der Waals surface area contributed by atoms with Crippen molar-refractivity contribution in [3.05, 3.63) is 46.6 Å². The Morgan fingerprint density at radius 3 is 2.48 bits per heavy atom. The number of alkyl halides is 3. The third kappa shape index (κ3) is 4.85. The summed E-state index contributed by atoms with van der Waals surface area (Å²) in [7, 11) is 0. The van der Waals surface area contributed by atoms with Crippen molar-refractivity contribution in [2.45, 2.75) is 37.3 Å². The van der Waals surface area contributed by atoms with Crippen molar-refractivity contribution in [3.8, 4) is 11.5 Å². The van der Waals surface area contributed by atoms with E-state index in [1.165, 1.54) is 0 Å². The third-order valence-electron chi connectivity index (χ3n) is 5.70. The molecule has 0 bridgehead atoms. The van der Waals surface area contributed by atoms with E-state index in [1.54, 1.807) is 18.2 Å². The van der Waals surface area contributed by atoms with Crippen LogP contribution in [0.2, 0.25) is 5.02 Å². The first kappa shape index (κ1) is 23.2. The van der Waals surface area contributed by atoms with Crippen molar-refractivity contribution in [2.24, 2.45) is 0 Å². The number of amides is 1. The van der Waals surface area contributed by atoms with Crippen LogP contribution < -0.4 is 14.8 Å². The normalized spacial score (nSPS) is 16.8. The fourth-order valence-electron chi connectivity index (χ4n) is 4.05. The quantitative estimate of drug-likeness (QED) is 0.628. The van der Waals surface area contributed by atoms with Gasteiger partial charge in [0, 0.05) is 6.20 Å². The highest BCUT2D eigenvalue weighted by Gasteiger charge is 2.45. The lowest BCUT2D eigenvalue weighted by Gasteiger charge is -2.28. The van der Waals surface area contributed by atoms with E-state index in [-0.39, 0.29) is 10.8 Å². The van der Waals surface area contributed by atoms with Gasteiger partial charge in [-0.15, -0.1) is 0 Å². The van der Waals surface area contributed by atoms with Gasteiger partial charge in [-0.25, -0.2) is 4.98 Å². The van der Waals surface area contributed by atoms with Gasteiger partial charge in [0.2, 0.25) is 0 Å². The molecule has 1 aromatic heterocycles. The molecule has 1 saturated carbocycles. The Bertz CT molecular complexity index is 1070. The molecule has 2 heterocycles. The second-order valence-electron chi connectivity index (χ2n) is 7.82. The fourth-order valence-corrected chi connectivity index (χ4v) is 4.27. The number of hydrogen-bond acceptors (Lipinski definition) is 6. The van der Waals surface area contributed by atoms with Gasteiger partial charge in [-0.3, -0.25) is 9.59 Å². The average molecular weight is 485 g/mol. The summed E-state index contributed by atoms with van der Waals surface area (Å²) in [6.07, 6.45) is -1.30. The zero-order valence-electron chi connectivity index (χ0n) is 17.3. The lowest BCUT2D eigenvalue weighted by Crippen LogP contribution is -2.36. The Labute approximate surface area is 192 Å². The topological polar surface area (TPSA) is 86.8 Å². The first-order valence-corrected chi connectivity index (χ1v) is 10.7. The van der Waals surface area contributed by atoms with Crippen molar-refractivity contribution in [2.75, 3.05) is 25.1 Å². The van der Waals surface area contributed by atoms with E-state index in [2.05, 4.69) is 10.3 Å². The maximum Gasteiger partial charge on any atom is 0.417 e. The molecule has 11 heteroatoms. The highest BCUT2D eigenvalue weighted by Crippen LogP contribution is 2.45. The van der Waals surface area contributed by atoms with E-state index in [9.17, 15) is 22.8 Å². The number of carbonyl (C=O) groups is 2. The number of pyridine rings is 1. The van der Waals surface area contributed by atoms with Crippen LogP contribution in [0.1, 0.15) is 36.8 Å². The number of anilines is 1. The van der Waals surface area contributed by atoms with Gasteiger partial charge in [-0.2, -0.15) is 13.2 Å². The van der Waals surface area contributed by atoms with E-state index >= 15 is 0 Å². The highest BCUT2D eigenvalue weighted by atomic mass is 35.5. The Hall–Kier alpha value is -3.01. The number of nitrogens with one attached hydrogen (secondary N) is 1. The van der Waals surface area contributed by atoms with Crippen LogP contribution in [0.3, 0.4) is 0 Å². The van der Waals surface area contributed by atoms with Crippen LogP contribution >= 0.6 is 11.6 Å². The smallest absolute Gasteiger partial charge is 0.417 e. The maximum atomic E-state index is 13.1. The summed E-state index contributed by atoms with van der Waals surface area (Å²) < 4.78 is 54.7. The van der Waals surface area contributed by atoms with Crippen LogP contribution in [0.15, 0.2) is 30.5 Å². The second-order valence-corrected chi connectivity index (χ2v) is 8.23. The first-order valence-electron chi connectivity index (χ1n) is 10.3. The Balaban J connectivity index is 1.43. The minimum atomic E-state index is -4.61. The predicted molar refractivity (Wildman–Crippen MR) is 111 cm³/mol. The number of hydrogen-bond donors (Lipinski definition) is 1. The summed E-state index contributed by atoms with van der Waals surface area (Å²) in [5.74, 6) is -0.426. The fraction of sp³-hybridized carbons (Fsp3) is 0.409. The molecule has 1 aliphatic carbocycles. The number of aromatic nitrogens is 1. The van der Waals surface area contributed by atoms with Crippen molar-refractivity contribution in [1.82, 2.24) is 4.98 Å². The van der Waals surface area contributed by atoms with E-state index < -0.39 is 35.6 Å². The molecule has 0 atom stereocenters. The first-order chi connectivity index (χ1) is 15.7. The molecule has 1 aliphatic heterocycles. The summed E-state index contributed by atoms with van der Waals surface area (Å²) in [4.78, 5) is 28.9. The van der Waals surface area contributed by atoms with Gasteiger partial charge in [0.15, 0.2) is 23.9 Å². The van der Waals surface area contributed by atoms with Crippen molar-refractivity contribution < 1.29 is 37.0 Å². The molecule has 176 valence electrons. The van der Waals surface area contributed by atoms with Crippen LogP contribution in [0.4, 0.5) is 19.0 Å². The van der Waals surface area contributed by atoms with Gasteiger partial charge < -0.3 is 19.5 Å². The zero-order chi connectivity index (χ0) is 23.6. The van der Waals surface area contributed by atoms with E-state index in [0.29, 0.717) is 49.8 Å². The number of carbonyl (C=O) groups excluding carboxylic acids is 2. The van der Waals surface area contributed by atoms with E-state index in [0.717, 1.165) is 18.4 Å². The van der Waals surface area contributed by atoms with Crippen LogP contribution in [0.25, 0.3) is 0 Å². The molecule has 33 heavy (non-hydrogen) atoms. The molecule has 1 aromatic carbocycles. The van der Waals surface area contributed by atoms with Crippen molar-refractivity contribution in [1.29, 1.82) is 0 Å². The summed E-state index contributed by atoms with van der Waals surface area (Å²) >= 11 is 5.80. The molecular weight excluding hydrogens is 465 g/mol. The molecule has 1 amide bonds. The molecule has 0 saturated heterocycles. The molecule has 0 spiro atoms. The average Bonchev–Trinajstić information content (AvgIpc) is 3.29. The van der Waals surface area contributed by atoms with Crippen LogP contribution in [0.5, 0.6) is 11.5 Å². The van der Waals surface area contributed by atoms with Gasteiger partial charge >= 0.3 is 12.1 Å². The zero-order valence-corrected chi connectivity index (χ0v) is 18.1. The lowest BCUT2D eigenvalue weighted by atomic mass is 9.78. The Morgan fingerprint density at radius 1 is 1.12 bits per heavy atom. The summed E-state index contributed by atoms with van der Waals surface area (Å²) in [6, 6.07) is 5.98. The number of nitrogens with zero attached hydrogens (tertiary/aromatic N) is 1. The SMILES string of the molecule is O=C(COC(=O)C1(c2ccc3c(c2)OCCO3)CCCC1)Nc1ncc(C(F)(F)F)cc1Cl. The number of rotatable bonds is 5. The van der Waals surface area contributed by atoms with Gasteiger partial charge in [-0.1, -0.05) is 30.5 Å². The number of esters is 1. The summed E-state index contributed by atoms with van der Waals surface area (Å²) in [5.41, 5.74) is -1.23. The number of halogens is 4. The number of ether oxygens (including phenoxy) is 3. The van der Waals surface area contributed by atoms with E-state index in [1.807, 2.05) is 0 Å². The van der Waals surface area contributed by atoms with Gasteiger partial charge in [0.25, 0.3) is 5.91 Å². The molecule has 0 radical (unpaired) electrons. The highest BCUT2D eigenvalue weighted by molar-refractivity contribution is 6.33. The van der Waals surface area contributed by atoms with Crippen molar-refractivity contribution in [3.63, 3.8) is 0 Å². The molecule has 4 rings (SSSR count). The minimum Gasteiger partial charge on any atom is -0.486 e. The van der Waals surface area contributed by atoms with Crippen LogP contribution in [-0.2, 0) is 25.9 Å². The summed E-state index contributed by atoms with van der Waals surface area (Å²) in [6.45, 7) is 0.227. The van der Waals surface area contributed by atoms with Crippen LogP contribution in [-0.4, -0.2) is 36.7 Å². The van der Waals surface area contributed by atoms with Crippen molar-refractivity contribution >= 4 is 29.3 Å². The third-order valence-corrected chi connectivity index (χ3v) is 5.99. The lowest BCUT2D eigenvalue weighted by molar-refractivity contribution is -0.153. The minimum absolute atomic E-state index is 0.256. The van der Waals surface area contributed by atoms with E-state index in [4.69, 9.17) is 25.8 Å². The molecule has 1 N–H and O–H groups in total. The number of benzene rings is 1. The molecule has 2 aliphatic rings. The molecule has 0 unspecified atom stereocenters. The Morgan fingerprint density at radius 2 is 1.82 bits per heavy atom. The number of fused-ring (bicyclic) bond motifs is 1. The molecular formula is C22H20ClF3N2O5. The molecule has 1 fully saturated rings. The van der Waals surface area contributed by atoms with Gasteiger partial charge in [0.05, 0.1) is 16.0 Å². The van der Waals surface area contributed by atoms with Gasteiger partial charge in [-0.05, 0) is 36.6 Å². The maximum absolute atomic E-state index is 13.1. The molecule has 7 nitrogen and oxygen atoms in total. The second kappa shape index (κ2) is 9.09. The summed E-state index contributed by atoms with van der Waals surface area (Å²) in [5, 5.41) is 1.88.